The highest BCUT2D eigenvalue weighted by molar-refractivity contribution is 7.18. The monoisotopic (exact) mass is 251 g/mol. The van der Waals surface area contributed by atoms with E-state index in [9.17, 15) is 5.11 Å². The highest BCUT2D eigenvalue weighted by atomic mass is 32.1. The summed E-state index contributed by atoms with van der Waals surface area (Å²) in [6.07, 6.45) is 0.948. The first-order chi connectivity index (χ1) is 8.19. The quantitative estimate of drug-likeness (QED) is 0.888. The molecular formula is C13H17NO2S. The van der Waals surface area contributed by atoms with Gasteiger partial charge in [-0.25, -0.2) is 4.98 Å². The van der Waals surface area contributed by atoms with Crippen molar-refractivity contribution < 1.29 is 9.84 Å². The maximum Gasteiger partial charge on any atom is 0.0964 e. The molecular weight excluding hydrogens is 234 g/mol. The molecule has 0 saturated heterocycles. The number of nitrogens with zero attached hydrogens (tertiary/aromatic N) is 1. The summed E-state index contributed by atoms with van der Waals surface area (Å²) >= 11 is 1.65. The maximum atomic E-state index is 9.92. The molecule has 0 bridgehead atoms. The van der Waals surface area contributed by atoms with Crippen molar-refractivity contribution >= 4 is 21.6 Å². The fourth-order valence-electron chi connectivity index (χ4n) is 1.77. The van der Waals surface area contributed by atoms with Crippen molar-refractivity contribution in [2.24, 2.45) is 0 Å². The van der Waals surface area contributed by atoms with Crippen LogP contribution in [-0.2, 0) is 11.2 Å². The number of aromatic nitrogens is 1. The minimum absolute atomic E-state index is 0.0828. The minimum Gasteiger partial charge on any atom is -0.393 e. The number of para-hydroxylation sites is 1. The second kappa shape index (κ2) is 5.58. The van der Waals surface area contributed by atoms with E-state index in [0.29, 0.717) is 12.8 Å². The van der Waals surface area contributed by atoms with Gasteiger partial charge in [-0.3, -0.25) is 0 Å². The summed E-state index contributed by atoms with van der Waals surface area (Å²) in [4.78, 5) is 4.50. The van der Waals surface area contributed by atoms with Gasteiger partial charge in [0, 0.05) is 13.5 Å². The smallest absolute Gasteiger partial charge is 0.0964 e. The molecule has 1 aromatic heterocycles. The van der Waals surface area contributed by atoms with E-state index in [4.69, 9.17) is 4.74 Å². The Hall–Kier alpha value is -0.970. The molecule has 1 aromatic carbocycles. The second-order valence-corrected chi connectivity index (χ2v) is 5.33. The molecule has 0 aliphatic heterocycles. The molecule has 17 heavy (non-hydrogen) atoms. The van der Waals surface area contributed by atoms with Gasteiger partial charge in [0.25, 0.3) is 0 Å². The predicted octanol–water partition coefficient (Wildman–Crippen LogP) is 2.62. The van der Waals surface area contributed by atoms with Crippen LogP contribution in [-0.4, -0.2) is 29.4 Å². The van der Waals surface area contributed by atoms with Gasteiger partial charge in [0.05, 0.1) is 27.4 Å². The van der Waals surface area contributed by atoms with Gasteiger partial charge in [-0.2, -0.15) is 0 Å². The number of aliphatic hydroxyl groups excluding tert-OH is 1. The summed E-state index contributed by atoms with van der Waals surface area (Å²) < 4.78 is 6.32. The van der Waals surface area contributed by atoms with Crippen LogP contribution >= 0.6 is 11.3 Å². The van der Waals surface area contributed by atoms with Crippen LogP contribution in [0.2, 0.25) is 0 Å². The molecule has 0 fully saturated rings. The molecule has 0 aliphatic carbocycles. The highest BCUT2D eigenvalue weighted by Gasteiger charge is 2.13. The zero-order valence-electron chi connectivity index (χ0n) is 10.1. The fourth-order valence-corrected chi connectivity index (χ4v) is 2.81. The molecule has 3 nitrogen and oxygen atoms in total. The number of benzene rings is 1. The van der Waals surface area contributed by atoms with Crippen LogP contribution in [0, 0.1) is 0 Å². The first-order valence-corrected chi connectivity index (χ1v) is 6.56. The Morgan fingerprint density at radius 1 is 1.41 bits per heavy atom. The van der Waals surface area contributed by atoms with Crippen molar-refractivity contribution in [2.75, 3.05) is 7.11 Å². The van der Waals surface area contributed by atoms with Crippen molar-refractivity contribution in [1.29, 1.82) is 0 Å². The van der Waals surface area contributed by atoms with Gasteiger partial charge in [0.15, 0.2) is 0 Å². The first-order valence-electron chi connectivity index (χ1n) is 5.74. The molecule has 0 amide bonds. The summed E-state index contributed by atoms with van der Waals surface area (Å²) in [6.45, 7) is 1.96. The Labute approximate surface area is 105 Å². The molecule has 0 radical (unpaired) electrons. The van der Waals surface area contributed by atoms with E-state index < -0.39 is 0 Å². The Morgan fingerprint density at radius 2 is 2.18 bits per heavy atom. The highest BCUT2D eigenvalue weighted by Crippen LogP contribution is 2.23. The zero-order chi connectivity index (χ0) is 12.3. The summed E-state index contributed by atoms with van der Waals surface area (Å²) in [7, 11) is 1.66. The second-order valence-electron chi connectivity index (χ2n) is 4.22. The first kappa shape index (κ1) is 12.5. The number of rotatable bonds is 5. The largest absolute Gasteiger partial charge is 0.393 e. The number of hydrogen-bond acceptors (Lipinski definition) is 4. The van der Waals surface area contributed by atoms with Crippen molar-refractivity contribution in [3.05, 3.63) is 29.3 Å². The molecule has 4 heteroatoms. The standard InChI is InChI=1S/C13H17NO2S/c1-9(16-2)7-10(15)8-13-14-11-5-3-4-6-12(11)17-13/h3-6,9-10,15H,7-8H2,1-2H3. The minimum atomic E-state index is -0.384. The third kappa shape index (κ3) is 3.25. The molecule has 2 atom stereocenters. The molecule has 0 aliphatic rings. The molecule has 1 N–H and O–H groups in total. The van der Waals surface area contributed by atoms with Crippen LogP contribution in [0.15, 0.2) is 24.3 Å². The number of aliphatic hydroxyl groups is 1. The molecule has 0 saturated carbocycles. The third-order valence-electron chi connectivity index (χ3n) is 2.75. The Bertz CT molecular complexity index is 450. The number of methoxy groups -OCH3 is 1. The summed E-state index contributed by atoms with van der Waals surface area (Å²) in [6, 6.07) is 8.04. The van der Waals surface area contributed by atoms with E-state index in [1.54, 1.807) is 18.4 Å². The number of fused-ring (bicyclic) bond motifs is 1. The Kier molecular flexibility index (Phi) is 4.10. The van der Waals surface area contributed by atoms with Crippen LogP contribution in [0.4, 0.5) is 0 Å². The van der Waals surface area contributed by atoms with Gasteiger partial charge in [-0.1, -0.05) is 12.1 Å². The average Bonchev–Trinajstić information content (AvgIpc) is 2.70. The van der Waals surface area contributed by atoms with Crippen molar-refractivity contribution in [3.8, 4) is 0 Å². The topological polar surface area (TPSA) is 42.4 Å². The molecule has 0 spiro atoms. The van der Waals surface area contributed by atoms with Crippen molar-refractivity contribution in [3.63, 3.8) is 0 Å². The van der Waals surface area contributed by atoms with Crippen LogP contribution in [0.5, 0.6) is 0 Å². The van der Waals surface area contributed by atoms with E-state index in [1.165, 1.54) is 4.70 Å². The molecule has 92 valence electrons. The van der Waals surface area contributed by atoms with Gasteiger partial charge in [0.2, 0.25) is 0 Å². The summed E-state index contributed by atoms with van der Waals surface area (Å²) in [5.41, 5.74) is 1.01. The summed E-state index contributed by atoms with van der Waals surface area (Å²) in [5.74, 6) is 0. The van der Waals surface area contributed by atoms with E-state index in [1.807, 2.05) is 25.1 Å². The lowest BCUT2D eigenvalue weighted by molar-refractivity contribution is 0.0565. The van der Waals surface area contributed by atoms with Gasteiger partial charge in [0.1, 0.15) is 0 Å². The van der Waals surface area contributed by atoms with Crippen LogP contribution in [0.25, 0.3) is 10.2 Å². The van der Waals surface area contributed by atoms with E-state index in [0.717, 1.165) is 10.5 Å². The molecule has 2 rings (SSSR count). The van der Waals surface area contributed by atoms with Gasteiger partial charge >= 0.3 is 0 Å². The van der Waals surface area contributed by atoms with E-state index >= 15 is 0 Å². The normalized spacial score (nSPS) is 15.0. The van der Waals surface area contributed by atoms with Crippen molar-refractivity contribution in [2.45, 2.75) is 32.0 Å². The van der Waals surface area contributed by atoms with Crippen molar-refractivity contribution in [1.82, 2.24) is 4.98 Å². The lowest BCUT2D eigenvalue weighted by Gasteiger charge is -2.13. The Morgan fingerprint density at radius 3 is 2.88 bits per heavy atom. The van der Waals surface area contributed by atoms with Crippen LogP contribution < -0.4 is 0 Å². The number of thiazole rings is 1. The fraction of sp³-hybridized carbons (Fsp3) is 0.462. The van der Waals surface area contributed by atoms with E-state index in [2.05, 4.69) is 11.1 Å². The lowest BCUT2D eigenvalue weighted by atomic mass is 10.1. The summed E-state index contributed by atoms with van der Waals surface area (Å²) in [5, 5.41) is 10.9. The molecule has 1 heterocycles. The van der Waals surface area contributed by atoms with E-state index in [-0.39, 0.29) is 12.2 Å². The predicted molar refractivity (Wildman–Crippen MR) is 70.4 cm³/mol. The zero-order valence-corrected chi connectivity index (χ0v) is 10.9. The molecule has 2 aromatic rings. The third-order valence-corrected chi connectivity index (χ3v) is 3.81. The van der Waals surface area contributed by atoms with Gasteiger partial charge in [-0.05, 0) is 25.5 Å². The number of hydrogen-bond donors (Lipinski definition) is 1. The van der Waals surface area contributed by atoms with Crippen LogP contribution in [0.1, 0.15) is 18.4 Å². The lowest BCUT2D eigenvalue weighted by Crippen LogP contribution is -2.18. The average molecular weight is 251 g/mol. The van der Waals surface area contributed by atoms with Gasteiger partial charge in [-0.15, -0.1) is 11.3 Å². The van der Waals surface area contributed by atoms with Crippen LogP contribution in [0.3, 0.4) is 0 Å². The number of ether oxygens (including phenoxy) is 1. The maximum absolute atomic E-state index is 9.92. The van der Waals surface area contributed by atoms with Gasteiger partial charge < -0.3 is 9.84 Å². The molecule has 2 unspecified atom stereocenters. The SMILES string of the molecule is COC(C)CC(O)Cc1nc2ccccc2s1. The Balaban J connectivity index is 2.03.